The van der Waals surface area contributed by atoms with Gasteiger partial charge in [0.15, 0.2) is 6.10 Å². The lowest BCUT2D eigenvalue weighted by Crippen LogP contribution is -2.26. The highest BCUT2D eigenvalue weighted by molar-refractivity contribution is 5.77. The molecule has 112 valence electrons. The minimum absolute atomic E-state index is 0.223. The molecule has 19 heavy (non-hydrogen) atoms. The van der Waals surface area contributed by atoms with E-state index in [9.17, 15) is 9.59 Å². The first-order valence-electron chi connectivity index (χ1n) is 7.54. The standard InChI is InChI=1S/C15H28O4/c1-3-5-6-7-8-9-10-11-12-13(15(17)18)19-14(16)4-2/h13H,3-12H2,1-2H3,(H,17,18). The van der Waals surface area contributed by atoms with Gasteiger partial charge in [0.1, 0.15) is 0 Å². The summed E-state index contributed by atoms with van der Waals surface area (Å²) in [6, 6.07) is 0. The summed E-state index contributed by atoms with van der Waals surface area (Å²) in [5.74, 6) is -1.48. The lowest BCUT2D eigenvalue weighted by atomic mass is 10.1. The fourth-order valence-corrected chi connectivity index (χ4v) is 1.94. The third-order valence-electron chi connectivity index (χ3n) is 3.16. The molecule has 4 heteroatoms. The van der Waals surface area contributed by atoms with E-state index in [1.54, 1.807) is 6.92 Å². The zero-order valence-corrected chi connectivity index (χ0v) is 12.3. The van der Waals surface area contributed by atoms with Crippen LogP contribution in [0.4, 0.5) is 0 Å². The molecule has 0 spiro atoms. The maximum absolute atomic E-state index is 11.1. The van der Waals surface area contributed by atoms with E-state index in [1.807, 2.05) is 0 Å². The fourth-order valence-electron chi connectivity index (χ4n) is 1.94. The van der Waals surface area contributed by atoms with Crippen molar-refractivity contribution in [2.45, 2.75) is 84.2 Å². The maximum atomic E-state index is 11.1. The summed E-state index contributed by atoms with van der Waals surface area (Å²) in [6.07, 6.45) is 8.97. The Kier molecular flexibility index (Phi) is 11.3. The number of carbonyl (C=O) groups excluding carboxylic acids is 1. The van der Waals surface area contributed by atoms with Crippen molar-refractivity contribution in [3.63, 3.8) is 0 Å². The molecule has 0 saturated carbocycles. The highest BCUT2D eigenvalue weighted by atomic mass is 16.6. The van der Waals surface area contributed by atoms with Gasteiger partial charge in [-0.15, -0.1) is 0 Å². The van der Waals surface area contributed by atoms with Crippen molar-refractivity contribution in [1.82, 2.24) is 0 Å². The molecule has 0 aliphatic heterocycles. The monoisotopic (exact) mass is 272 g/mol. The lowest BCUT2D eigenvalue weighted by molar-refractivity contribution is -0.164. The first kappa shape index (κ1) is 17.9. The van der Waals surface area contributed by atoms with Crippen molar-refractivity contribution in [2.24, 2.45) is 0 Å². The van der Waals surface area contributed by atoms with Crippen molar-refractivity contribution in [3.8, 4) is 0 Å². The summed E-state index contributed by atoms with van der Waals surface area (Å²) in [7, 11) is 0. The van der Waals surface area contributed by atoms with Crippen molar-refractivity contribution >= 4 is 11.9 Å². The molecule has 4 nitrogen and oxygen atoms in total. The third-order valence-corrected chi connectivity index (χ3v) is 3.16. The predicted octanol–water partition coefficient (Wildman–Crippen LogP) is 3.92. The zero-order valence-electron chi connectivity index (χ0n) is 12.3. The molecular weight excluding hydrogens is 244 g/mol. The molecule has 0 heterocycles. The van der Waals surface area contributed by atoms with Crippen molar-refractivity contribution in [1.29, 1.82) is 0 Å². The number of ether oxygens (including phenoxy) is 1. The van der Waals surface area contributed by atoms with Crippen LogP contribution in [0.5, 0.6) is 0 Å². The molecule has 0 aliphatic rings. The molecule has 1 atom stereocenters. The second kappa shape index (κ2) is 12.0. The van der Waals surface area contributed by atoms with Crippen LogP contribution in [0.2, 0.25) is 0 Å². The van der Waals surface area contributed by atoms with E-state index in [1.165, 1.54) is 32.1 Å². The molecule has 1 unspecified atom stereocenters. The molecular formula is C15H28O4. The summed E-state index contributed by atoms with van der Waals surface area (Å²) in [5, 5.41) is 8.94. The smallest absolute Gasteiger partial charge is 0.345 e. The lowest BCUT2D eigenvalue weighted by Gasteiger charge is -2.12. The second-order valence-electron chi connectivity index (χ2n) is 4.93. The van der Waals surface area contributed by atoms with Crippen molar-refractivity contribution in [3.05, 3.63) is 0 Å². The van der Waals surface area contributed by atoms with Crippen LogP contribution in [0.15, 0.2) is 0 Å². The van der Waals surface area contributed by atoms with E-state index in [0.29, 0.717) is 6.42 Å². The van der Waals surface area contributed by atoms with Gasteiger partial charge in [-0.2, -0.15) is 0 Å². The number of esters is 1. The largest absolute Gasteiger partial charge is 0.479 e. The Morgan fingerprint density at radius 3 is 1.95 bits per heavy atom. The topological polar surface area (TPSA) is 63.6 Å². The van der Waals surface area contributed by atoms with Crippen LogP contribution in [0.3, 0.4) is 0 Å². The van der Waals surface area contributed by atoms with Crippen molar-refractivity contribution in [2.75, 3.05) is 0 Å². The molecule has 0 fully saturated rings. The number of hydrogen-bond donors (Lipinski definition) is 1. The number of aliphatic carboxylic acids is 1. The van der Waals surface area contributed by atoms with Gasteiger partial charge in [0.05, 0.1) is 0 Å². The average molecular weight is 272 g/mol. The third kappa shape index (κ3) is 10.5. The Balaban J connectivity index is 3.59. The van der Waals surface area contributed by atoms with Gasteiger partial charge >= 0.3 is 11.9 Å². The quantitative estimate of drug-likeness (QED) is 0.432. The zero-order chi connectivity index (χ0) is 14.5. The maximum Gasteiger partial charge on any atom is 0.345 e. The van der Waals surface area contributed by atoms with Crippen molar-refractivity contribution < 1.29 is 19.4 Å². The Bertz CT molecular complexity index is 251. The van der Waals surface area contributed by atoms with Gasteiger partial charge in [0.2, 0.25) is 0 Å². The molecule has 0 saturated heterocycles. The van der Waals surface area contributed by atoms with Crippen LogP contribution >= 0.6 is 0 Å². The molecule has 0 radical (unpaired) electrons. The van der Waals surface area contributed by atoms with Crippen LogP contribution < -0.4 is 0 Å². The number of rotatable bonds is 12. The van der Waals surface area contributed by atoms with E-state index in [4.69, 9.17) is 9.84 Å². The number of hydrogen-bond acceptors (Lipinski definition) is 3. The minimum Gasteiger partial charge on any atom is -0.479 e. The molecule has 0 aromatic carbocycles. The summed E-state index contributed by atoms with van der Waals surface area (Å²) in [5.41, 5.74) is 0. The van der Waals surface area contributed by atoms with Crippen LogP contribution in [-0.4, -0.2) is 23.1 Å². The Morgan fingerprint density at radius 1 is 0.947 bits per heavy atom. The van der Waals surface area contributed by atoms with Gasteiger partial charge in [-0.05, 0) is 12.8 Å². The van der Waals surface area contributed by atoms with Gasteiger partial charge < -0.3 is 9.84 Å². The van der Waals surface area contributed by atoms with E-state index in [2.05, 4.69) is 6.92 Å². The predicted molar refractivity (Wildman–Crippen MR) is 75.0 cm³/mol. The van der Waals surface area contributed by atoms with Gasteiger partial charge in [0, 0.05) is 6.42 Å². The van der Waals surface area contributed by atoms with Gasteiger partial charge in [-0.3, -0.25) is 4.79 Å². The normalized spacial score (nSPS) is 12.1. The van der Waals surface area contributed by atoms with Crippen LogP contribution in [0.1, 0.15) is 78.1 Å². The Hall–Kier alpha value is -1.06. The molecule has 1 N–H and O–H groups in total. The summed E-state index contributed by atoms with van der Waals surface area (Å²) in [4.78, 5) is 22.0. The van der Waals surface area contributed by atoms with Gasteiger partial charge in [0.25, 0.3) is 0 Å². The fraction of sp³-hybridized carbons (Fsp3) is 0.867. The second-order valence-corrected chi connectivity index (χ2v) is 4.93. The number of carboxylic acid groups (broad SMARTS) is 1. The average Bonchev–Trinajstić information content (AvgIpc) is 2.39. The molecule has 0 aromatic rings. The van der Waals surface area contributed by atoms with Crippen LogP contribution in [-0.2, 0) is 14.3 Å². The van der Waals surface area contributed by atoms with Crippen LogP contribution in [0, 0.1) is 0 Å². The minimum atomic E-state index is -1.04. The van der Waals surface area contributed by atoms with Crippen LogP contribution in [0.25, 0.3) is 0 Å². The number of carbonyl (C=O) groups is 2. The summed E-state index contributed by atoms with van der Waals surface area (Å²) < 4.78 is 4.88. The van der Waals surface area contributed by atoms with E-state index >= 15 is 0 Å². The molecule has 0 aliphatic carbocycles. The number of unbranched alkanes of at least 4 members (excludes halogenated alkanes) is 7. The van der Waals surface area contributed by atoms with E-state index < -0.39 is 18.0 Å². The molecule has 0 rings (SSSR count). The highest BCUT2D eigenvalue weighted by Gasteiger charge is 2.20. The Labute approximate surface area is 116 Å². The van der Waals surface area contributed by atoms with E-state index in [-0.39, 0.29) is 6.42 Å². The van der Waals surface area contributed by atoms with E-state index in [0.717, 1.165) is 19.3 Å². The summed E-state index contributed by atoms with van der Waals surface area (Å²) in [6.45, 7) is 3.86. The first-order chi connectivity index (χ1) is 9.11. The molecule has 0 amide bonds. The number of carboxylic acids is 1. The molecule has 0 bridgehead atoms. The van der Waals surface area contributed by atoms with Gasteiger partial charge in [-0.1, -0.05) is 58.8 Å². The highest BCUT2D eigenvalue weighted by Crippen LogP contribution is 2.12. The SMILES string of the molecule is CCCCCCCCCCC(OC(=O)CC)C(=O)O. The molecule has 0 aromatic heterocycles. The van der Waals surface area contributed by atoms with Gasteiger partial charge in [-0.25, -0.2) is 4.79 Å². The summed E-state index contributed by atoms with van der Waals surface area (Å²) >= 11 is 0. The first-order valence-corrected chi connectivity index (χ1v) is 7.54. The Morgan fingerprint density at radius 2 is 1.47 bits per heavy atom.